The van der Waals surface area contributed by atoms with Crippen molar-refractivity contribution < 1.29 is 35.9 Å². The Balaban J connectivity index is 1.94. The molecule has 2 aromatic rings. The molecular formula is C23H31F3N4O5S2. The summed E-state index contributed by atoms with van der Waals surface area (Å²) in [6.07, 6.45) is -3.43. The summed E-state index contributed by atoms with van der Waals surface area (Å²) < 4.78 is 75.6. The molecule has 0 spiro atoms. The predicted molar refractivity (Wildman–Crippen MR) is 134 cm³/mol. The summed E-state index contributed by atoms with van der Waals surface area (Å²) in [6, 6.07) is 3.67. The van der Waals surface area contributed by atoms with Crippen molar-refractivity contribution in [3.63, 3.8) is 0 Å². The molecule has 206 valence electrons. The van der Waals surface area contributed by atoms with Gasteiger partial charge in [-0.15, -0.1) is 11.3 Å². The number of carbonyl (C=O) groups is 1. The Morgan fingerprint density at radius 3 is 2.62 bits per heavy atom. The first-order chi connectivity index (χ1) is 17.3. The number of aromatic nitrogens is 1. The van der Waals surface area contributed by atoms with Crippen LogP contribution in [0.15, 0.2) is 29.8 Å². The highest BCUT2D eigenvalue weighted by atomic mass is 32.2. The maximum Gasteiger partial charge on any atom is 0.404 e. The third-order valence-electron chi connectivity index (χ3n) is 6.02. The third-order valence-corrected chi connectivity index (χ3v) is 8.04. The topological polar surface area (TPSA) is 101 Å². The van der Waals surface area contributed by atoms with E-state index >= 15 is 0 Å². The number of ether oxygens (including phenoxy) is 2. The number of halogens is 3. The lowest BCUT2D eigenvalue weighted by Gasteiger charge is -2.35. The standard InChI is InChI=1S/C23H31F3N4O5S2/c1-15-10-30(12-21-27-7-8-36-21)16(2)13-35-19-9-17(28-37(32,33)14-23(24,25)26)5-6-18(19)22(31)29(3)11-20(15)34-4/h5-9,15-16,20,28H,10-14H2,1-4H3/t15-,16+,20-/m0/s1. The van der Waals surface area contributed by atoms with Gasteiger partial charge in [-0.2, -0.15) is 13.2 Å². The van der Waals surface area contributed by atoms with Crippen molar-refractivity contribution >= 4 is 33.0 Å². The maximum absolute atomic E-state index is 13.2. The molecule has 3 atom stereocenters. The van der Waals surface area contributed by atoms with E-state index in [1.807, 2.05) is 23.9 Å². The van der Waals surface area contributed by atoms with E-state index < -0.39 is 22.0 Å². The molecule has 1 aliphatic heterocycles. The van der Waals surface area contributed by atoms with Gasteiger partial charge in [-0.05, 0) is 25.0 Å². The zero-order chi connectivity index (χ0) is 27.4. The van der Waals surface area contributed by atoms with Crippen LogP contribution in [0.1, 0.15) is 29.2 Å². The Labute approximate surface area is 218 Å². The number of nitrogens with one attached hydrogen (secondary N) is 1. The minimum absolute atomic E-state index is 0.0620. The maximum atomic E-state index is 13.2. The van der Waals surface area contributed by atoms with E-state index in [-0.39, 0.29) is 54.1 Å². The molecule has 0 saturated carbocycles. The average molecular weight is 565 g/mol. The highest BCUT2D eigenvalue weighted by Gasteiger charge is 2.35. The van der Waals surface area contributed by atoms with Crippen molar-refractivity contribution in [3.05, 3.63) is 40.3 Å². The fraction of sp³-hybridized carbons (Fsp3) is 0.565. The zero-order valence-electron chi connectivity index (χ0n) is 21.0. The number of fused-ring (bicyclic) bond motifs is 1. The van der Waals surface area contributed by atoms with Crippen molar-refractivity contribution in [1.29, 1.82) is 0 Å². The van der Waals surface area contributed by atoms with Crippen LogP contribution in [-0.4, -0.2) is 87.0 Å². The van der Waals surface area contributed by atoms with Gasteiger partial charge in [0.2, 0.25) is 10.0 Å². The Kier molecular flexibility index (Phi) is 9.42. The minimum atomic E-state index is -4.90. The van der Waals surface area contributed by atoms with Crippen LogP contribution < -0.4 is 9.46 Å². The first-order valence-electron chi connectivity index (χ1n) is 11.5. The lowest BCUT2D eigenvalue weighted by molar-refractivity contribution is -0.106. The molecule has 0 unspecified atom stereocenters. The van der Waals surface area contributed by atoms with E-state index in [2.05, 4.69) is 9.88 Å². The summed E-state index contributed by atoms with van der Waals surface area (Å²) >= 11 is 1.53. The molecule has 0 fully saturated rings. The molecule has 1 aliphatic rings. The summed E-state index contributed by atoms with van der Waals surface area (Å²) in [6.45, 7) is 5.63. The van der Waals surface area contributed by atoms with Gasteiger partial charge in [0.25, 0.3) is 5.91 Å². The molecule has 0 radical (unpaired) electrons. The number of nitrogens with zero attached hydrogens (tertiary/aromatic N) is 3. The number of amides is 1. The number of carbonyl (C=O) groups excluding carboxylic acids is 1. The molecule has 0 bridgehead atoms. The van der Waals surface area contributed by atoms with Gasteiger partial charge in [0.1, 0.15) is 17.4 Å². The van der Waals surface area contributed by atoms with Gasteiger partial charge in [-0.25, -0.2) is 13.4 Å². The Morgan fingerprint density at radius 1 is 1.27 bits per heavy atom. The lowest BCUT2D eigenvalue weighted by atomic mass is 10.0. The van der Waals surface area contributed by atoms with E-state index in [1.54, 1.807) is 20.4 Å². The second-order valence-corrected chi connectivity index (χ2v) is 11.8. The molecule has 0 aliphatic carbocycles. The highest BCUT2D eigenvalue weighted by Crippen LogP contribution is 2.28. The normalized spacial score (nSPS) is 22.5. The molecular weight excluding hydrogens is 533 g/mol. The number of likely N-dealkylation sites (N-methyl/N-ethyl adjacent to an activating group) is 1. The number of hydrogen-bond donors (Lipinski definition) is 1. The van der Waals surface area contributed by atoms with Crippen molar-refractivity contribution in [2.24, 2.45) is 5.92 Å². The summed E-state index contributed by atoms with van der Waals surface area (Å²) in [7, 11) is -1.49. The zero-order valence-corrected chi connectivity index (χ0v) is 22.6. The van der Waals surface area contributed by atoms with Crippen LogP contribution >= 0.6 is 11.3 Å². The summed E-state index contributed by atoms with van der Waals surface area (Å²) in [5.74, 6) is -2.29. The van der Waals surface area contributed by atoms with Gasteiger partial charge in [-0.1, -0.05) is 6.92 Å². The van der Waals surface area contributed by atoms with E-state index in [9.17, 15) is 26.4 Å². The third kappa shape index (κ3) is 8.28. The number of anilines is 1. The van der Waals surface area contributed by atoms with Gasteiger partial charge in [0.05, 0.1) is 23.9 Å². The highest BCUT2D eigenvalue weighted by molar-refractivity contribution is 7.92. The molecule has 37 heavy (non-hydrogen) atoms. The van der Waals surface area contributed by atoms with Crippen LogP contribution in [0.25, 0.3) is 0 Å². The minimum Gasteiger partial charge on any atom is -0.491 e. The van der Waals surface area contributed by atoms with Gasteiger partial charge in [0.15, 0.2) is 5.75 Å². The molecule has 9 nitrogen and oxygen atoms in total. The number of hydrogen-bond acceptors (Lipinski definition) is 8. The largest absolute Gasteiger partial charge is 0.491 e. The average Bonchev–Trinajstić information content (AvgIpc) is 3.30. The summed E-state index contributed by atoms with van der Waals surface area (Å²) in [5.41, 5.74) is 0.0178. The summed E-state index contributed by atoms with van der Waals surface area (Å²) in [5, 5.41) is 2.82. The first-order valence-corrected chi connectivity index (χ1v) is 14.1. The SMILES string of the molecule is CO[C@H]1CN(C)C(=O)c2ccc(NS(=O)(=O)CC(F)(F)F)cc2OC[C@@H](C)N(Cc2nccs2)C[C@@H]1C. The van der Waals surface area contributed by atoms with Crippen molar-refractivity contribution in [2.45, 2.75) is 38.7 Å². The Morgan fingerprint density at radius 2 is 2.00 bits per heavy atom. The molecule has 3 rings (SSSR count). The van der Waals surface area contributed by atoms with E-state index in [0.717, 1.165) is 5.01 Å². The lowest BCUT2D eigenvalue weighted by Crippen LogP contribution is -2.46. The number of methoxy groups -OCH3 is 1. The van der Waals surface area contributed by atoms with Crippen molar-refractivity contribution in [2.75, 3.05) is 44.3 Å². The monoisotopic (exact) mass is 564 g/mol. The molecule has 1 aromatic carbocycles. The molecule has 1 amide bonds. The van der Waals surface area contributed by atoms with Gasteiger partial charge in [0, 0.05) is 50.9 Å². The number of sulfonamides is 1. The fourth-order valence-electron chi connectivity index (χ4n) is 4.07. The van der Waals surface area contributed by atoms with Gasteiger partial charge >= 0.3 is 6.18 Å². The summed E-state index contributed by atoms with van der Waals surface area (Å²) in [4.78, 5) is 21.3. The van der Waals surface area contributed by atoms with Crippen molar-refractivity contribution in [1.82, 2.24) is 14.8 Å². The van der Waals surface area contributed by atoms with E-state index in [0.29, 0.717) is 13.1 Å². The number of rotatable bonds is 6. The van der Waals surface area contributed by atoms with E-state index in [1.165, 1.54) is 34.4 Å². The molecule has 2 heterocycles. The Hall–Kier alpha value is -2.42. The number of benzene rings is 1. The molecule has 14 heteroatoms. The van der Waals surface area contributed by atoms with Crippen LogP contribution in [0.3, 0.4) is 0 Å². The smallest absolute Gasteiger partial charge is 0.404 e. The molecule has 1 N–H and O–H groups in total. The quantitative estimate of drug-likeness (QED) is 0.574. The van der Waals surface area contributed by atoms with Crippen LogP contribution in [0.2, 0.25) is 0 Å². The number of alkyl halides is 3. The Bertz CT molecular complexity index is 1160. The van der Waals surface area contributed by atoms with Crippen LogP contribution in [0.5, 0.6) is 5.75 Å². The predicted octanol–water partition coefficient (Wildman–Crippen LogP) is 3.45. The fourth-order valence-corrected chi connectivity index (χ4v) is 5.70. The van der Waals surface area contributed by atoms with Crippen LogP contribution in [0, 0.1) is 5.92 Å². The van der Waals surface area contributed by atoms with Crippen LogP contribution in [0.4, 0.5) is 18.9 Å². The first kappa shape index (κ1) is 29.1. The van der Waals surface area contributed by atoms with Gasteiger partial charge < -0.3 is 14.4 Å². The van der Waals surface area contributed by atoms with E-state index in [4.69, 9.17) is 9.47 Å². The van der Waals surface area contributed by atoms with Crippen molar-refractivity contribution in [3.8, 4) is 5.75 Å². The molecule has 1 aromatic heterocycles. The van der Waals surface area contributed by atoms with Crippen LogP contribution in [-0.2, 0) is 21.3 Å². The molecule has 0 saturated heterocycles. The second-order valence-electron chi connectivity index (χ2n) is 9.14. The second kappa shape index (κ2) is 12.0. The van der Waals surface area contributed by atoms with Gasteiger partial charge in [-0.3, -0.25) is 14.4 Å². The number of thiazole rings is 1.